The predicted molar refractivity (Wildman–Crippen MR) is 148 cm³/mol. The number of aliphatic imine (C=N–C) groups is 1. The summed E-state index contributed by atoms with van der Waals surface area (Å²) in [7, 11) is 0. The van der Waals surface area contributed by atoms with E-state index in [-0.39, 0.29) is 24.0 Å². The topological polar surface area (TPSA) is 69.8 Å². The number of halogens is 1. The third-order valence-corrected chi connectivity index (χ3v) is 6.99. The van der Waals surface area contributed by atoms with Gasteiger partial charge in [0.05, 0.1) is 0 Å². The number of aryl methyl sites for hydroxylation is 1. The first kappa shape index (κ1) is 24.9. The lowest BCUT2D eigenvalue weighted by atomic mass is 9.96. The average Bonchev–Trinajstić information content (AvgIpc) is 3.34. The lowest BCUT2D eigenvalue weighted by molar-refractivity contribution is 0.114. The molecule has 0 amide bonds. The van der Waals surface area contributed by atoms with Crippen LogP contribution in [0.2, 0.25) is 0 Å². The molecule has 0 saturated carbocycles. The zero-order valence-corrected chi connectivity index (χ0v) is 22.3. The maximum atomic E-state index is 4.87. The van der Waals surface area contributed by atoms with E-state index in [1.807, 2.05) is 24.4 Å². The van der Waals surface area contributed by atoms with Crippen molar-refractivity contribution in [2.75, 3.05) is 13.1 Å². The summed E-state index contributed by atoms with van der Waals surface area (Å²) in [6.07, 6.45) is 8.87. The van der Waals surface area contributed by atoms with Crippen LogP contribution in [0.15, 0.2) is 59.7 Å². The molecular formula is C26H36IN7. The maximum Gasteiger partial charge on any atom is 0.191 e. The number of hydrogen-bond acceptors (Lipinski definition) is 4. The van der Waals surface area contributed by atoms with Crippen LogP contribution in [0.3, 0.4) is 0 Å². The molecule has 2 atom stereocenters. The van der Waals surface area contributed by atoms with Crippen molar-refractivity contribution in [2.24, 2.45) is 4.99 Å². The summed E-state index contributed by atoms with van der Waals surface area (Å²) in [5, 5.41) is 15.8. The third-order valence-electron chi connectivity index (χ3n) is 6.99. The summed E-state index contributed by atoms with van der Waals surface area (Å²) >= 11 is 0. The van der Waals surface area contributed by atoms with Crippen LogP contribution in [0.4, 0.5) is 0 Å². The molecule has 7 nitrogen and oxygen atoms in total. The van der Waals surface area contributed by atoms with E-state index in [1.165, 1.54) is 31.2 Å². The van der Waals surface area contributed by atoms with Gasteiger partial charge in [-0.15, -0.1) is 34.2 Å². The van der Waals surface area contributed by atoms with E-state index in [2.05, 4.69) is 67.4 Å². The zero-order valence-electron chi connectivity index (χ0n) is 19.9. The molecule has 3 aromatic rings. The standard InChI is InChI=1S/C26H35N7.HI/c1-2-27-26(28-15-8-12-25-31-30-24-11-6-7-16-32(24)25)29-21-17-22-13-14-23(18-21)33(22)19-20-9-4-3-5-10-20;/h3-7,9-11,16,21-23H,2,8,12-15,17-19H2,1H3,(H2,27,28,29);1H. The molecule has 2 aliphatic heterocycles. The quantitative estimate of drug-likeness (QED) is 0.184. The van der Waals surface area contributed by atoms with Crippen molar-refractivity contribution in [3.05, 3.63) is 66.1 Å². The van der Waals surface area contributed by atoms with Gasteiger partial charge in [-0.05, 0) is 56.7 Å². The molecule has 2 N–H and O–H groups in total. The van der Waals surface area contributed by atoms with E-state index in [4.69, 9.17) is 4.99 Å². The summed E-state index contributed by atoms with van der Waals surface area (Å²) in [5.41, 5.74) is 2.33. The van der Waals surface area contributed by atoms with Crippen molar-refractivity contribution in [1.82, 2.24) is 30.1 Å². The Kier molecular flexibility index (Phi) is 8.77. The van der Waals surface area contributed by atoms with Gasteiger partial charge in [-0.2, -0.15) is 0 Å². The first-order valence-corrected chi connectivity index (χ1v) is 12.4. The van der Waals surface area contributed by atoms with Crippen molar-refractivity contribution in [3.8, 4) is 0 Å². The van der Waals surface area contributed by atoms with Gasteiger partial charge in [0.2, 0.25) is 0 Å². The predicted octanol–water partition coefficient (Wildman–Crippen LogP) is 4.03. The first-order chi connectivity index (χ1) is 16.3. The molecule has 4 heterocycles. The number of pyridine rings is 1. The Bertz CT molecular complexity index is 1050. The Hall–Kier alpha value is -2.20. The van der Waals surface area contributed by atoms with Gasteiger partial charge in [0.1, 0.15) is 5.82 Å². The second-order valence-corrected chi connectivity index (χ2v) is 9.26. The summed E-state index contributed by atoms with van der Waals surface area (Å²) in [4.78, 5) is 7.60. The van der Waals surface area contributed by atoms with Gasteiger partial charge < -0.3 is 10.6 Å². The van der Waals surface area contributed by atoms with Gasteiger partial charge in [0, 0.05) is 50.4 Å². The van der Waals surface area contributed by atoms with Crippen molar-refractivity contribution in [1.29, 1.82) is 0 Å². The van der Waals surface area contributed by atoms with E-state index in [0.29, 0.717) is 18.1 Å². The highest BCUT2D eigenvalue weighted by molar-refractivity contribution is 14.0. The lowest BCUT2D eigenvalue weighted by Crippen LogP contribution is -2.52. The molecule has 2 aromatic heterocycles. The number of nitrogens with zero attached hydrogens (tertiary/aromatic N) is 5. The Labute approximate surface area is 219 Å². The summed E-state index contributed by atoms with van der Waals surface area (Å²) in [6.45, 7) is 4.86. The fourth-order valence-electron chi connectivity index (χ4n) is 5.45. The highest BCUT2D eigenvalue weighted by Gasteiger charge is 2.40. The molecular weight excluding hydrogens is 537 g/mol. The summed E-state index contributed by atoms with van der Waals surface area (Å²) in [5.74, 6) is 1.95. The fourth-order valence-corrected chi connectivity index (χ4v) is 5.45. The molecule has 2 aliphatic rings. The molecule has 2 unspecified atom stereocenters. The Morgan fingerprint density at radius 2 is 1.79 bits per heavy atom. The highest BCUT2D eigenvalue weighted by Crippen LogP contribution is 2.36. The summed E-state index contributed by atoms with van der Waals surface area (Å²) < 4.78 is 2.06. The minimum absolute atomic E-state index is 0. The molecule has 182 valence electrons. The number of benzene rings is 1. The molecule has 8 heteroatoms. The van der Waals surface area contributed by atoms with E-state index in [1.54, 1.807) is 0 Å². The Morgan fingerprint density at radius 3 is 2.56 bits per heavy atom. The van der Waals surface area contributed by atoms with Crippen LogP contribution in [0, 0.1) is 0 Å². The summed E-state index contributed by atoms with van der Waals surface area (Å²) in [6, 6.07) is 18.7. The number of fused-ring (bicyclic) bond motifs is 3. The average molecular weight is 574 g/mol. The second kappa shape index (κ2) is 12.0. The number of aromatic nitrogens is 3. The van der Waals surface area contributed by atoms with Crippen molar-refractivity contribution >= 4 is 35.6 Å². The van der Waals surface area contributed by atoms with E-state index in [9.17, 15) is 0 Å². The van der Waals surface area contributed by atoms with Gasteiger partial charge in [-0.1, -0.05) is 36.4 Å². The SMILES string of the molecule is CCNC(=NCCCc1nnc2ccccn12)NC1CC2CCC(C1)N2Cc1ccccc1.I. The van der Waals surface area contributed by atoms with Gasteiger partial charge in [-0.3, -0.25) is 14.3 Å². The van der Waals surface area contributed by atoms with Crippen LogP contribution in [0.5, 0.6) is 0 Å². The minimum Gasteiger partial charge on any atom is -0.357 e. The van der Waals surface area contributed by atoms with Crippen molar-refractivity contribution < 1.29 is 0 Å². The fraction of sp³-hybridized carbons (Fsp3) is 0.500. The van der Waals surface area contributed by atoms with Gasteiger partial charge >= 0.3 is 0 Å². The van der Waals surface area contributed by atoms with Crippen LogP contribution in [0.1, 0.15) is 50.4 Å². The monoisotopic (exact) mass is 573 g/mol. The maximum absolute atomic E-state index is 4.87. The number of hydrogen-bond donors (Lipinski definition) is 2. The van der Waals surface area contributed by atoms with E-state index in [0.717, 1.165) is 49.9 Å². The Balaban J connectivity index is 0.00000274. The van der Waals surface area contributed by atoms with Gasteiger partial charge in [0.15, 0.2) is 11.6 Å². The molecule has 2 saturated heterocycles. The van der Waals surface area contributed by atoms with Crippen LogP contribution in [-0.2, 0) is 13.0 Å². The van der Waals surface area contributed by atoms with Gasteiger partial charge in [-0.25, -0.2) is 0 Å². The third kappa shape index (κ3) is 5.89. The van der Waals surface area contributed by atoms with Crippen LogP contribution >= 0.6 is 24.0 Å². The molecule has 2 bridgehead atoms. The number of rotatable bonds is 8. The number of nitrogens with one attached hydrogen (secondary N) is 2. The van der Waals surface area contributed by atoms with Crippen LogP contribution < -0.4 is 10.6 Å². The number of guanidine groups is 1. The van der Waals surface area contributed by atoms with E-state index < -0.39 is 0 Å². The molecule has 34 heavy (non-hydrogen) atoms. The number of piperidine rings is 1. The molecule has 1 aromatic carbocycles. The molecule has 0 aliphatic carbocycles. The van der Waals surface area contributed by atoms with Gasteiger partial charge in [0.25, 0.3) is 0 Å². The highest BCUT2D eigenvalue weighted by atomic mass is 127. The minimum atomic E-state index is 0. The normalized spacial score (nSPS) is 22.5. The molecule has 0 radical (unpaired) electrons. The smallest absolute Gasteiger partial charge is 0.191 e. The van der Waals surface area contributed by atoms with Crippen molar-refractivity contribution in [3.63, 3.8) is 0 Å². The largest absolute Gasteiger partial charge is 0.357 e. The second-order valence-electron chi connectivity index (χ2n) is 9.26. The zero-order chi connectivity index (χ0) is 22.5. The lowest BCUT2D eigenvalue weighted by Gasteiger charge is -2.39. The van der Waals surface area contributed by atoms with Crippen LogP contribution in [0.25, 0.3) is 5.65 Å². The molecule has 5 rings (SSSR count). The molecule has 2 fully saturated rings. The van der Waals surface area contributed by atoms with E-state index >= 15 is 0 Å². The van der Waals surface area contributed by atoms with Crippen molar-refractivity contribution in [2.45, 2.75) is 70.1 Å². The van der Waals surface area contributed by atoms with Crippen LogP contribution in [-0.4, -0.2) is 56.7 Å². The Morgan fingerprint density at radius 1 is 1.03 bits per heavy atom. The first-order valence-electron chi connectivity index (χ1n) is 12.4. The molecule has 0 spiro atoms.